The summed E-state index contributed by atoms with van der Waals surface area (Å²) in [5, 5.41) is 2.68. The van der Waals surface area contributed by atoms with Crippen LogP contribution in [0.2, 0.25) is 0 Å². The number of amides is 2. The Morgan fingerprint density at radius 1 is 1.23 bits per heavy atom. The molecule has 1 fully saturated rings. The molecule has 0 saturated carbocycles. The first-order valence-electron chi connectivity index (χ1n) is 9.63. The highest BCUT2D eigenvalue weighted by Gasteiger charge is 2.33. The van der Waals surface area contributed by atoms with Crippen molar-refractivity contribution in [3.63, 3.8) is 0 Å². The second-order valence-electron chi connectivity index (χ2n) is 7.19. The summed E-state index contributed by atoms with van der Waals surface area (Å²) in [6.45, 7) is 2.17. The summed E-state index contributed by atoms with van der Waals surface area (Å²) in [5.41, 5.74) is 0.307. The predicted molar refractivity (Wildman–Crippen MR) is 106 cm³/mol. The maximum absolute atomic E-state index is 13.0. The Morgan fingerprint density at radius 3 is 2.57 bits per heavy atom. The van der Waals surface area contributed by atoms with Crippen molar-refractivity contribution in [3.05, 3.63) is 53.7 Å². The molecule has 1 aromatic carbocycles. The second kappa shape index (κ2) is 9.25. The Labute approximate surface area is 172 Å². The van der Waals surface area contributed by atoms with Crippen molar-refractivity contribution < 1.29 is 22.8 Å². The zero-order valence-corrected chi connectivity index (χ0v) is 16.5. The Bertz CT molecular complexity index is 896. The number of aromatic nitrogens is 1. The number of nitrogens with zero attached hydrogens (tertiary/aromatic N) is 3. The van der Waals surface area contributed by atoms with Gasteiger partial charge in [-0.1, -0.05) is 18.2 Å². The van der Waals surface area contributed by atoms with Gasteiger partial charge in [0.1, 0.15) is 11.5 Å². The van der Waals surface area contributed by atoms with E-state index in [1.165, 1.54) is 12.1 Å². The van der Waals surface area contributed by atoms with Crippen molar-refractivity contribution in [2.45, 2.75) is 25.6 Å². The summed E-state index contributed by atoms with van der Waals surface area (Å²) in [4.78, 5) is 30.3. The van der Waals surface area contributed by atoms with Crippen LogP contribution in [0.3, 0.4) is 0 Å². The molecule has 1 saturated heterocycles. The van der Waals surface area contributed by atoms with Crippen LogP contribution in [0.25, 0.3) is 0 Å². The minimum atomic E-state index is -4.59. The molecule has 0 aliphatic carbocycles. The fraction of sp³-hybridized carbons (Fsp3) is 0.381. The van der Waals surface area contributed by atoms with E-state index in [4.69, 9.17) is 0 Å². The molecule has 0 unspecified atom stereocenters. The minimum Gasteiger partial charge on any atom is -0.359 e. The van der Waals surface area contributed by atoms with Crippen LogP contribution in [0, 0.1) is 5.92 Å². The quantitative estimate of drug-likeness (QED) is 0.728. The predicted octanol–water partition coefficient (Wildman–Crippen LogP) is 3.35. The molecule has 3 rings (SSSR count). The van der Waals surface area contributed by atoms with E-state index in [-0.39, 0.29) is 17.6 Å². The van der Waals surface area contributed by atoms with Crippen LogP contribution in [0.15, 0.2) is 42.5 Å². The lowest BCUT2D eigenvalue weighted by atomic mass is 9.95. The van der Waals surface area contributed by atoms with E-state index in [1.54, 1.807) is 25.2 Å². The van der Waals surface area contributed by atoms with Crippen molar-refractivity contribution in [2.24, 2.45) is 5.92 Å². The molecule has 9 heteroatoms. The molecule has 2 amide bonds. The third kappa shape index (κ3) is 5.15. The van der Waals surface area contributed by atoms with Gasteiger partial charge in [-0.2, -0.15) is 13.2 Å². The maximum Gasteiger partial charge on any atom is 0.433 e. The van der Waals surface area contributed by atoms with Gasteiger partial charge in [-0.15, -0.1) is 0 Å². The van der Waals surface area contributed by atoms with Crippen LogP contribution >= 0.6 is 0 Å². The largest absolute Gasteiger partial charge is 0.433 e. The van der Waals surface area contributed by atoms with E-state index in [0.717, 1.165) is 42.5 Å². The molecule has 160 valence electrons. The number of pyridine rings is 1. The Hall–Kier alpha value is -2.94. The molecule has 2 heterocycles. The lowest BCUT2D eigenvalue weighted by Gasteiger charge is -2.31. The summed E-state index contributed by atoms with van der Waals surface area (Å²) in [6, 6.07) is 10.5. The normalized spacial score (nSPS) is 15.6. The molecular weight excluding hydrogens is 397 g/mol. The van der Waals surface area contributed by atoms with Crippen molar-refractivity contribution in [3.8, 4) is 0 Å². The molecule has 0 radical (unpaired) electrons. The first-order valence-corrected chi connectivity index (χ1v) is 9.63. The number of piperidine rings is 1. The van der Waals surface area contributed by atoms with Crippen molar-refractivity contribution >= 4 is 23.8 Å². The number of nitrogens with one attached hydrogen (secondary N) is 1. The molecule has 2 aromatic rings. The van der Waals surface area contributed by atoms with Crippen LogP contribution < -0.4 is 10.2 Å². The van der Waals surface area contributed by atoms with E-state index in [1.807, 2.05) is 6.07 Å². The van der Waals surface area contributed by atoms with Gasteiger partial charge in [-0.05, 0) is 55.8 Å². The molecule has 1 N–H and O–H groups in total. The number of hydrogen-bond acceptors (Lipinski definition) is 4. The summed E-state index contributed by atoms with van der Waals surface area (Å²) < 4.78 is 38.9. The Morgan fingerprint density at radius 2 is 1.93 bits per heavy atom. The third-order valence-corrected chi connectivity index (χ3v) is 5.18. The van der Waals surface area contributed by atoms with Crippen LogP contribution in [-0.2, 0) is 22.3 Å². The minimum absolute atomic E-state index is 0.0233. The topological polar surface area (TPSA) is 65.5 Å². The van der Waals surface area contributed by atoms with Crippen LogP contribution in [0.1, 0.15) is 24.1 Å². The molecule has 1 aliphatic rings. The van der Waals surface area contributed by atoms with Gasteiger partial charge in [0.05, 0.1) is 5.69 Å². The van der Waals surface area contributed by atoms with Gasteiger partial charge in [0.15, 0.2) is 0 Å². The smallest absolute Gasteiger partial charge is 0.359 e. The van der Waals surface area contributed by atoms with Crippen LogP contribution in [0.5, 0.6) is 0 Å². The number of benzene rings is 1. The fourth-order valence-electron chi connectivity index (χ4n) is 3.58. The molecule has 1 aromatic heterocycles. The summed E-state index contributed by atoms with van der Waals surface area (Å²) in [6.07, 6.45) is -2.59. The van der Waals surface area contributed by atoms with Crippen molar-refractivity contribution in [1.29, 1.82) is 0 Å². The lowest BCUT2D eigenvalue weighted by Crippen LogP contribution is -2.39. The second-order valence-corrected chi connectivity index (χ2v) is 7.19. The number of carbonyl (C=O) groups excluding carboxylic acids is 2. The maximum atomic E-state index is 13.0. The van der Waals surface area contributed by atoms with E-state index in [0.29, 0.717) is 18.6 Å². The number of halogens is 3. The summed E-state index contributed by atoms with van der Waals surface area (Å²) in [7, 11) is 1.64. The highest BCUT2D eigenvalue weighted by molar-refractivity contribution is 5.85. The molecule has 0 atom stereocenters. The van der Waals surface area contributed by atoms with Crippen LogP contribution in [0.4, 0.5) is 24.7 Å². The van der Waals surface area contributed by atoms with Crippen LogP contribution in [-0.4, -0.2) is 42.3 Å². The number of carbonyl (C=O) groups is 2. The van der Waals surface area contributed by atoms with Gasteiger partial charge in [0.25, 0.3) is 0 Å². The summed E-state index contributed by atoms with van der Waals surface area (Å²) in [5.74, 6) is -0.00894. The highest BCUT2D eigenvalue weighted by Crippen LogP contribution is 2.31. The van der Waals surface area contributed by atoms with E-state index in [2.05, 4.69) is 15.2 Å². The average molecular weight is 420 g/mol. The number of hydrogen-bond donors (Lipinski definition) is 1. The molecular formula is C21H23F3N4O2. The van der Waals surface area contributed by atoms with E-state index >= 15 is 0 Å². The number of rotatable bonds is 6. The average Bonchev–Trinajstić information content (AvgIpc) is 2.74. The third-order valence-electron chi connectivity index (χ3n) is 5.18. The number of likely N-dealkylation sites (tertiary alicyclic amines) is 1. The van der Waals surface area contributed by atoms with Crippen molar-refractivity contribution in [2.75, 3.05) is 25.0 Å². The van der Waals surface area contributed by atoms with E-state index < -0.39 is 11.9 Å². The lowest BCUT2D eigenvalue weighted by molar-refractivity contribution is -0.141. The monoisotopic (exact) mass is 420 g/mol. The molecule has 0 spiro atoms. The molecule has 6 nitrogen and oxygen atoms in total. The zero-order valence-electron chi connectivity index (χ0n) is 16.5. The highest BCUT2D eigenvalue weighted by atomic mass is 19.4. The zero-order chi connectivity index (χ0) is 21.7. The fourth-order valence-corrected chi connectivity index (χ4v) is 3.58. The summed E-state index contributed by atoms with van der Waals surface area (Å²) >= 11 is 0. The van der Waals surface area contributed by atoms with Gasteiger partial charge < -0.3 is 5.32 Å². The Balaban J connectivity index is 1.73. The molecule has 1 aliphatic heterocycles. The molecule has 0 bridgehead atoms. The van der Waals surface area contributed by atoms with Gasteiger partial charge in [0.2, 0.25) is 12.3 Å². The SMILES string of the molecule is CNC(=O)C1CCN(Cc2cccc(N(C=O)c3cccc(C(F)(F)F)n3)c2)CC1. The molecule has 30 heavy (non-hydrogen) atoms. The van der Waals surface area contributed by atoms with Gasteiger partial charge >= 0.3 is 6.18 Å². The van der Waals surface area contributed by atoms with Crippen molar-refractivity contribution in [1.82, 2.24) is 15.2 Å². The van der Waals surface area contributed by atoms with Gasteiger partial charge in [-0.3, -0.25) is 19.4 Å². The number of anilines is 2. The van der Waals surface area contributed by atoms with Gasteiger partial charge in [-0.25, -0.2) is 4.98 Å². The first-order chi connectivity index (χ1) is 14.3. The standard InChI is InChI=1S/C21H23F3N4O2/c1-25-20(30)16-8-10-27(11-9-16)13-15-4-2-5-17(12-15)28(14-29)19-7-3-6-18(26-19)21(22,23)24/h2-7,12,14,16H,8-11,13H2,1H3,(H,25,30). The van der Waals surface area contributed by atoms with Gasteiger partial charge in [0, 0.05) is 19.5 Å². The Kier molecular flexibility index (Phi) is 6.71. The first kappa shape index (κ1) is 21.8. The number of alkyl halides is 3. The van der Waals surface area contributed by atoms with E-state index in [9.17, 15) is 22.8 Å².